The molecule has 1 saturated heterocycles. The molecule has 0 spiro atoms. The van der Waals surface area contributed by atoms with Gasteiger partial charge in [-0.05, 0) is 30.3 Å². The smallest absolute Gasteiger partial charge is 0.269 e. The van der Waals surface area contributed by atoms with Crippen molar-refractivity contribution >= 4 is 28.7 Å². The zero-order valence-corrected chi connectivity index (χ0v) is 12.7. The Hall–Kier alpha value is -2.27. The van der Waals surface area contributed by atoms with E-state index in [1.807, 2.05) is 30.3 Å². The molecule has 3 rings (SSSR count). The van der Waals surface area contributed by atoms with Crippen molar-refractivity contribution in [2.75, 3.05) is 36.0 Å². The number of non-ortho nitro benzene ring substituents is 1. The summed E-state index contributed by atoms with van der Waals surface area (Å²) < 4.78 is 0. The van der Waals surface area contributed by atoms with E-state index in [0.29, 0.717) is 0 Å². The van der Waals surface area contributed by atoms with Gasteiger partial charge in [0, 0.05) is 54.7 Å². The van der Waals surface area contributed by atoms with E-state index in [0.717, 1.165) is 42.6 Å². The number of nitro benzene ring substituents is 1. The number of nitro groups is 1. The quantitative estimate of drug-likeness (QED) is 0.641. The first-order valence-electron chi connectivity index (χ1n) is 7.13. The van der Waals surface area contributed by atoms with Crippen LogP contribution < -0.4 is 9.80 Å². The molecular formula is C16H16ClN3O2. The molecule has 0 radical (unpaired) electrons. The van der Waals surface area contributed by atoms with Gasteiger partial charge in [-0.1, -0.05) is 17.7 Å². The molecule has 0 unspecified atom stereocenters. The van der Waals surface area contributed by atoms with Gasteiger partial charge in [-0.15, -0.1) is 0 Å². The van der Waals surface area contributed by atoms with Crippen molar-refractivity contribution < 1.29 is 4.92 Å². The SMILES string of the molecule is O=[N+]([O-])c1ccc(N2CCN(c3cccc(Cl)c3)CC2)cc1. The third-order valence-electron chi connectivity index (χ3n) is 3.88. The Balaban J connectivity index is 1.65. The lowest BCUT2D eigenvalue weighted by atomic mass is 10.2. The molecule has 0 bridgehead atoms. The second kappa shape index (κ2) is 6.23. The van der Waals surface area contributed by atoms with E-state index < -0.39 is 0 Å². The first-order chi connectivity index (χ1) is 10.6. The van der Waals surface area contributed by atoms with E-state index >= 15 is 0 Å². The van der Waals surface area contributed by atoms with Crippen LogP contribution in [0.3, 0.4) is 0 Å². The zero-order valence-electron chi connectivity index (χ0n) is 12.0. The van der Waals surface area contributed by atoms with Crippen molar-refractivity contribution in [3.63, 3.8) is 0 Å². The maximum Gasteiger partial charge on any atom is 0.269 e. The molecular weight excluding hydrogens is 302 g/mol. The zero-order chi connectivity index (χ0) is 15.5. The standard InChI is InChI=1S/C16H16ClN3O2/c17-13-2-1-3-16(12-13)19-10-8-18(9-11-19)14-4-6-15(7-5-14)20(21)22/h1-7,12H,8-11H2. The highest BCUT2D eigenvalue weighted by atomic mass is 35.5. The van der Waals surface area contributed by atoms with Crippen LogP contribution in [0, 0.1) is 10.1 Å². The molecule has 6 heteroatoms. The molecule has 1 heterocycles. The third-order valence-corrected chi connectivity index (χ3v) is 4.11. The monoisotopic (exact) mass is 317 g/mol. The number of benzene rings is 2. The van der Waals surface area contributed by atoms with Gasteiger partial charge in [0.25, 0.3) is 5.69 Å². The van der Waals surface area contributed by atoms with Crippen LogP contribution in [0.2, 0.25) is 5.02 Å². The third kappa shape index (κ3) is 3.14. The highest BCUT2D eigenvalue weighted by Crippen LogP contribution is 2.24. The fourth-order valence-electron chi connectivity index (χ4n) is 2.68. The van der Waals surface area contributed by atoms with Crippen molar-refractivity contribution in [3.8, 4) is 0 Å². The fourth-order valence-corrected chi connectivity index (χ4v) is 2.87. The minimum absolute atomic E-state index is 0.126. The van der Waals surface area contributed by atoms with Gasteiger partial charge in [0.05, 0.1) is 4.92 Å². The van der Waals surface area contributed by atoms with Crippen molar-refractivity contribution in [2.45, 2.75) is 0 Å². The Morgan fingerprint density at radius 2 is 1.50 bits per heavy atom. The summed E-state index contributed by atoms with van der Waals surface area (Å²) in [7, 11) is 0. The number of hydrogen-bond acceptors (Lipinski definition) is 4. The Bertz CT molecular complexity index is 667. The maximum atomic E-state index is 10.7. The lowest BCUT2D eigenvalue weighted by Gasteiger charge is -2.37. The first-order valence-corrected chi connectivity index (χ1v) is 7.51. The van der Waals surface area contributed by atoms with E-state index in [2.05, 4.69) is 15.9 Å². The first kappa shape index (κ1) is 14.7. The van der Waals surface area contributed by atoms with E-state index in [1.165, 1.54) is 0 Å². The summed E-state index contributed by atoms with van der Waals surface area (Å²) in [4.78, 5) is 14.9. The van der Waals surface area contributed by atoms with E-state index in [9.17, 15) is 10.1 Å². The summed E-state index contributed by atoms with van der Waals surface area (Å²) in [5, 5.41) is 11.4. The molecule has 2 aromatic rings. The van der Waals surface area contributed by atoms with Crippen LogP contribution in [0.15, 0.2) is 48.5 Å². The van der Waals surface area contributed by atoms with Gasteiger partial charge in [-0.3, -0.25) is 10.1 Å². The van der Waals surface area contributed by atoms with Crippen molar-refractivity contribution in [1.82, 2.24) is 0 Å². The van der Waals surface area contributed by atoms with E-state index in [4.69, 9.17) is 11.6 Å². The summed E-state index contributed by atoms with van der Waals surface area (Å²) in [5.41, 5.74) is 2.29. The summed E-state index contributed by atoms with van der Waals surface area (Å²) in [6, 6.07) is 14.6. The highest BCUT2D eigenvalue weighted by Gasteiger charge is 2.18. The van der Waals surface area contributed by atoms with E-state index in [-0.39, 0.29) is 10.6 Å². The van der Waals surface area contributed by atoms with Gasteiger partial charge < -0.3 is 9.80 Å². The normalized spacial score (nSPS) is 15.0. The van der Waals surface area contributed by atoms with Crippen LogP contribution in [-0.4, -0.2) is 31.1 Å². The molecule has 0 atom stereocenters. The lowest BCUT2D eigenvalue weighted by molar-refractivity contribution is -0.384. The number of rotatable bonds is 3. The second-order valence-electron chi connectivity index (χ2n) is 5.23. The van der Waals surface area contributed by atoms with Crippen molar-refractivity contribution in [2.24, 2.45) is 0 Å². The molecule has 114 valence electrons. The largest absolute Gasteiger partial charge is 0.368 e. The topological polar surface area (TPSA) is 49.6 Å². The number of piperazine rings is 1. The summed E-state index contributed by atoms with van der Waals surface area (Å²) in [5.74, 6) is 0. The van der Waals surface area contributed by atoms with Crippen LogP contribution in [0.4, 0.5) is 17.1 Å². The molecule has 1 fully saturated rings. The van der Waals surface area contributed by atoms with Crippen LogP contribution in [-0.2, 0) is 0 Å². The molecule has 0 N–H and O–H groups in total. The molecule has 0 saturated carbocycles. The molecule has 5 nitrogen and oxygen atoms in total. The summed E-state index contributed by atoms with van der Waals surface area (Å²) in [6.07, 6.45) is 0. The molecule has 1 aliphatic heterocycles. The number of hydrogen-bond donors (Lipinski definition) is 0. The Morgan fingerprint density at radius 3 is 2.05 bits per heavy atom. The predicted molar refractivity (Wildman–Crippen MR) is 89.0 cm³/mol. The second-order valence-corrected chi connectivity index (χ2v) is 5.66. The fraction of sp³-hybridized carbons (Fsp3) is 0.250. The Morgan fingerprint density at radius 1 is 0.909 bits per heavy atom. The summed E-state index contributed by atoms with van der Waals surface area (Å²) in [6.45, 7) is 3.56. The van der Waals surface area contributed by atoms with Crippen LogP contribution in [0.25, 0.3) is 0 Å². The molecule has 2 aromatic carbocycles. The molecule has 0 aliphatic carbocycles. The predicted octanol–water partition coefficient (Wildman–Crippen LogP) is 3.57. The van der Waals surface area contributed by atoms with Crippen LogP contribution in [0.1, 0.15) is 0 Å². The lowest BCUT2D eigenvalue weighted by Crippen LogP contribution is -2.46. The van der Waals surface area contributed by atoms with Gasteiger partial charge >= 0.3 is 0 Å². The Labute approximate surface area is 133 Å². The molecule has 0 amide bonds. The minimum atomic E-state index is -0.374. The molecule has 22 heavy (non-hydrogen) atoms. The van der Waals surface area contributed by atoms with Gasteiger partial charge in [0.1, 0.15) is 0 Å². The average molecular weight is 318 g/mol. The molecule has 0 aromatic heterocycles. The Kier molecular flexibility index (Phi) is 4.15. The van der Waals surface area contributed by atoms with Gasteiger partial charge in [0.2, 0.25) is 0 Å². The van der Waals surface area contributed by atoms with Crippen LogP contribution in [0.5, 0.6) is 0 Å². The number of nitrogens with zero attached hydrogens (tertiary/aromatic N) is 3. The molecule has 1 aliphatic rings. The highest BCUT2D eigenvalue weighted by molar-refractivity contribution is 6.30. The van der Waals surface area contributed by atoms with Gasteiger partial charge in [-0.25, -0.2) is 0 Å². The summed E-state index contributed by atoms with van der Waals surface area (Å²) >= 11 is 6.04. The van der Waals surface area contributed by atoms with Crippen molar-refractivity contribution in [1.29, 1.82) is 0 Å². The maximum absolute atomic E-state index is 10.7. The van der Waals surface area contributed by atoms with Gasteiger partial charge in [-0.2, -0.15) is 0 Å². The number of anilines is 2. The van der Waals surface area contributed by atoms with Crippen molar-refractivity contribution in [3.05, 3.63) is 63.7 Å². The minimum Gasteiger partial charge on any atom is -0.368 e. The van der Waals surface area contributed by atoms with Gasteiger partial charge in [0.15, 0.2) is 0 Å². The van der Waals surface area contributed by atoms with E-state index in [1.54, 1.807) is 12.1 Å². The average Bonchev–Trinajstić information content (AvgIpc) is 2.55. The number of halogens is 1. The van der Waals surface area contributed by atoms with Crippen LogP contribution >= 0.6 is 11.6 Å².